The van der Waals surface area contributed by atoms with Crippen molar-refractivity contribution in [2.24, 2.45) is 0 Å². The van der Waals surface area contributed by atoms with Crippen molar-refractivity contribution in [3.8, 4) is 0 Å². The van der Waals surface area contributed by atoms with E-state index in [0.29, 0.717) is 0 Å². The summed E-state index contributed by atoms with van der Waals surface area (Å²) in [6.07, 6.45) is 2.50. The zero-order valence-corrected chi connectivity index (χ0v) is 8.60. The van der Waals surface area contributed by atoms with E-state index >= 15 is 0 Å². The molecule has 0 atom stereocenters. The molecule has 0 fully saturated rings. The van der Waals surface area contributed by atoms with Gasteiger partial charge in [0.1, 0.15) is 0 Å². The molecule has 0 aliphatic rings. The van der Waals surface area contributed by atoms with Crippen LogP contribution in [0.3, 0.4) is 0 Å². The van der Waals surface area contributed by atoms with Crippen molar-refractivity contribution >= 4 is 0 Å². The van der Waals surface area contributed by atoms with Crippen molar-refractivity contribution in [1.29, 1.82) is 0 Å². The summed E-state index contributed by atoms with van der Waals surface area (Å²) in [5, 5.41) is 15.2. The molecule has 0 saturated heterocycles. The standard InChI is InChI=1S/C3H5.C2H6O2.O.Zn/c1-3-2;3-1-2-4;;/h1H2,2H3;3-4H,1-2H2;;/q-1;;;. The minimum absolute atomic E-state index is 0.125. The van der Waals surface area contributed by atoms with Gasteiger partial charge in [-0.3, -0.25) is 6.58 Å². The van der Waals surface area contributed by atoms with Crippen LogP contribution in [0.1, 0.15) is 6.92 Å². The van der Waals surface area contributed by atoms with Crippen LogP contribution in [-0.4, -0.2) is 23.4 Å². The molecule has 0 radical (unpaired) electrons. The number of rotatable bonds is 1. The molecule has 0 heterocycles. The van der Waals surface area contributed by atoms with E-state index in [2.05, 4.69) is 12.7 Å². The molecular weight excluding hydrogens is 173 g/mol. The topological polar surface area (TPSA) is 57.5 Å². The first kappa shape index (κ1) is 16.0. The van der Waals surface area contributed by atoms with Crippen LogP contribution in [0, 0.1) is 6.08 Å². The third-order valence-corrected chi connectivity index (χ3v) is 0.1000. The molecule has 0 spiro atoms. The molecule has 2 N–H and O–H groups in total. The zero-order valence-electron chi connectivity index (χ0n) is 5.63. The maximum atomic E-state index is 8.38. The molecule has 0 aliphatic heterocycles. The molecule has 0 unspecified atom stereocenters. The van der Waals surface area contributed by atoms with Crippen LogP contribution in [0.25, 0.3) is 0 Å². The number of aliphatic hydroxyl groups is 2. The fourth-order valence-electron chi connectivity index (χ4n) is 0. The van der Waals surface area contributed by atoms with Gasteiger partial charge in [-0.2, -0.15) is 6.92 Å². The first-order valence-electron chi connectivity index (χ1n) is 2.27. The Bertz CT molecular complexity index is 39.2. The number of aliphatic hydroxyl groups excluding tert-OH is 2. The molecule has 0 amide bonds. The second kappa shape index (κ2) is 42.7. The Morgan fingerprint density at radius 1 is 1.44 bits per heavy atom. The molecule has 0 bridgehead atoms. The summed E-state index contributed by atoms with van der Waals surface area (Å²) >= 11 is 0.125. The number of allylic oxidation sites excluding steroid dienone is 1. The van der Waals surface area contributed by atoms with E-state index in [1.54, 1.807) is 6.92 Å². The second-order valence-corrected chi connectivity index (χ2v) is 0.801. The van der Waals surface area contributed by atoms with Crippen molar-refractivity contribution in [3.63, 3.8) is 0 Å². The predicted octanol–water partition coefficient (Wildman–Crippen LogP) is -0.155. The molecule has 0 aromatic rings. The summed E-state index contributed by atoms with van der Waals surface area (Å²) in [7, 11) is 0. The fourth-order valence-corrected chi connectivity index (χ4v) is 0. The van der Waals surface area contributed by atoms with Crippen molar-refractivity contribution < 1.29 is 32.0 Å². The van der Waals surface area contributed by atoms with E-state index in [-0.39, 0.29) is 31.5 Å². The molecule has 3 nitrogen and oxygen atoms in total. The van der Waals surface area contributed by atoms with Gasteiger partial charge < -0.3 is 16.3 Å². The van der Waals surface area contributed by atoms with Gasteiger partial charge in [-0.15, -0.1) is 0 Å². The maximum absolute atomic E-state index is 8.38. The van der Waals surface area contributed by atoms with Crippen LogP contribution >= 0.6 is 0 Å². The average molecular weight is 185 g/mol. The fraction of sp³-hybridized carbons (Fsp3) is 0.600. The molecule has 0 saturated carbocycles. The Morgan fingerprint density at radius 2 is 1.56 bits per heavy atom. The summed E-state index contributed by atoms with van der Waals surface area (Å²) in [6, 6.07) is 0. The van der Waals surface area contributed by atoms with Crippen molar-refractivity contribution in [3.05, 3.63) is 12.7 Å². The van der Waals surface area contributed by atoms with E-state index < -0.39 is 0 Å². The van der Waals surface area contributed by atoms with E-state index in [1.807, 2.05) is 0 Å². The summed E-state index contributed by atoms with van der Waals surface area (Å²) in [6.45, 7) is 4.75. The Balaban J connectivity index is -0.0000000646. The van der Waals surface area contributed by atoms with Crippen molar-refractivity contribution in [2.75, 3.05) is 13.2 Å². The first-order valence-corrected chi connectivity index (χ1v) is 3.49. The van der Waals surface area contributed by atoms with Crippen LogP contribution < -0.4 is 0 Å². The molecule has 0 aliphatic carbocycles. The quantitative estimate of drug-likeness (QED) is 0.440. The van der Waals surface area contributed by atoms with Gasteiger partial charge in [0.15, 0.2) is 0 Å². The summed E-state index contributed by atoms with van der Waals surface area (Å²) < 4.78 is 8.38. The first-order chi connectivity index (χ1) is 4.33. The summed E-state index contributed by atoms with van der Waals surface area (Å²) in [4.78, 5) is 0. The van der Waals surface area contributed by atoms with Gasteiger partial charge in [-0.1, -0.05) is 0 Å². The molecular formula is C5H11O3Zn-. The summed E-state index contributed by atoms with van der Waals surface area (Å²) in [5.74, 6) is 0. The van der Waals surface area contributed by atoms with E-state index in [4.69, 9.17) is 13.8 Å². The molecule has 0 aromatic heterocycles. The Morgan fingerprint density at radius 3 is 1.56 bits per heavy atom. The monoisotopic (exact) mass is 183 g/mol. The van der Waals surface area contributed by atoms with Crippen LogP contribution in [0.5, 0.6) is 0 Å². The molecule has 4 heteroatoms. The number of hydrogen-bond acceptors (Lipinski definition) is 3. The van der Waals surface area contributed by atoms with Crippen LogP contribution in [0.15, 0.2) is 6.58 Å². The third-order valence-electron chi connectivity index (χ3n) is 0.1000. The Labute approximate surface area is 65.3 Å². The SMILES string of the molecule is C=[C-]C.OCCO.[O]=[Zn]. The van der Waals surface area contributed by atoms with Gasteiger partial charge in [0.2, 0.25) is 0 Å². The average Bonchev–Trinajstić information content (AvgIpc) is 1.94. The van der Waals surface area contributed by atoms with Gasteiger partial charge in [0.25, 0.3) is 0 Å². The second-order valence-electron chi connectivity index (χ2n) is 0.801. The van der Waals surface area contributed by atoms with E-state index in [1.165, 1.54) is 0 Å². The van der Waals surface area contributed by atoms with Crippen LogP contribution in [0.2, 0.25) is 0 Å². The van der Waals surface area contributed by atoms with Gasteiger partial charge in [-0.05, 0) is 0 Å². The van der Waals surface area contributed by atoms with E-state index in [9.17, 15) is 0 Å². The van der Waals surface area contributed by atoms with Gasteiger partial charge in [0.05, 0.1) is 13.2 Å². The van der Waals surface area contributed by atoms with Crippen molar-refractivity contribution in [1.82, 2.24) is 0 Å². The molecule has 0 rings (SSSR count). The predicted molar refractivity (Wildman–Crippen MR) is 29.4 cm³/mol. The molecule has 52 valence electrons. The Hall–Kier alpha value is 0.0834. The minimum atomic E-state index is -0.125. The van der Waals surface area contributed by atoms with Crippen LogP contribution in [0.4, 0.5) is 0 Å². The van der Waals surface area contributed by atoms with E-state index in [0.717, 1.165) is 0 Å². The van der Waals surface area contributed by atoms with Crippen molar-refractivity contribution in [2.45, 2.75) is 6.92 Å². The Kier molecular flexibility index (Phi) is 76.0. The molecule has 9 heavy (non-hydrogen) atoms. The number of hydrogen-bond donors (Lipinski definition) is 2. The van der Waals surface area contributed by atoms with Gasteiger partial charge in [-0.25, -0.2) is 0 Å². The summed E-state index contributed by atoms with van der Waals surface area (Å²) in [5.41, 5.74) is 0. The zero-order chi connectivity index (χ0) is 8.12. The third kappa shape index (κ3) is 255. The normalized spacial score (nSPS) is 5.44. The van der Waals surface area contributed by atoms with Gasteiger partial charge in [0, 0.05) is 0 Å². The molecule has 0 aromatic carbocycles. The van der Waals surface area contributed by atoms with Crippen LogP contribution in [-0.2, 0) is 21.8 Å². The van der Waals surface area contributed by atoms with Gasteiger partial charge >= 0.3 is 21.8 Å².